The van der Waals surface area contributed by atoms with Crippen molar-refractivity contribution in [2.45, 2.75) is 44.1 Å². The standard InChI is InChI=1S/C15H21BrN2O2/c16-13-9-11(5-6-12(13)14(17)19)20-10-15(18)7-3-1-2-4-8-15/h5-6,9H,1-4,7-8,10,18H2,(H2,17,19). The van der Waals surface area contributed by atoms with Crippen LogP contribution in [-0.2, 0) is 0 Å². The quantitative estimate of drug-likeness (QED) is 0.827. The maximum absolute atomic E-state index is 11.2. The van der Waals surface area contributed by atoms with Crippen LogP contribution in [0.1, 0.15) is 48.9 Å². The third-order valence-electron chi connectivity index (χ3n) is 3.83. The lowest BCUT2D eigenvalue weighted by Gasteiger charge is -2.28. The van der Waals surface area contributed by atoms with Crippen LogP contribution in [0.5, 0.6) is 5.75 Å². The van der Waals surface area contributed by atoms with Gasteiger partial charge in [-0.15, -0.1) is 0 Å². The Morgan fingerprint density at radius 1 is 1.25 bits per heavy atom. The first kappa shape index (κ1) is 15.3. The molecule has 1 saturated carbocycles. The number of carbonyl (C=O) groups excluding carboxylic acids is 1. The van der Waals surface area contributed by atoms with E-state index in [1.165, 1.54) is 25.7 Å². The van der Waals surface area contributed by atoms with Gasteiger partial charge in [0.25, 0.3) is 0 Å². The molecule has 1 aromatic carbocycles. The lowest BCUT2D eigenvalue weighted by atomic mass is 9.92. The molecular formula is C15H21BrN2O2. The van der Waals surface area contributed by atoms with Crippen LogP contribution in [0.3, 0.4) is 0 Å². The first-order valence-electron chi connectivity index (χ1n) is 7.01. The summed E-state index contributed by atoms with van der Waals surface area (Å²) < 4.78 is 6.46. The molecule has 0 bridgehead atoms. The van der Waals surface area contributed by atoms with Crippen LogP contribution in [0.25, 0.3) is 0 Å². The largest absolute Gasteiger partial charge is 0.492 e. The van der Waals surface area contributed by atoms with Crippen LogP contribution < -0.4 is 16.2 Å². The molecule has 0 saturated heterocycles. The molecule has 0 unspecified atom stereocenters. The Hall–Kier alpha value is -1.07. The van der Waals surface area contributed by atoms with E-state index >= 15 is 0 Å². The molecule has 1 amide bonds. The average molecular weight is 341 g/mol. The summed E-state index contributed by atoms with van der Waals surface area (Å²) in [4.78, 5) is 11.2. The van der Waals surface area contributed by atoms with Gasteiger partial charge in [0.1, 0.15) is 12.4 Å². The molecule has 5 heteroatoms. The Bertz CT molecular complexity index is 483. The molecule has 4 nitrogen and oxygen atoms in total. The van der Waals surface area contributed by atoms with Gasteiger partial charge >= 0.3 is 0 Å². The van der Waals surface area contributed by atoms with Gasteiger partial charge < -0.3 is 16.2 Å². The molecule has 0 atom stereocenters. The first-order valence-corrected chi connectivity index (χ1v) is 7.80. The Kier molecular flexibility index (Phi) is 5.05. The number of hydrogen-bond donors (Lipinski definition) is 2. The third-order valence-corrected chi connectivity index (χ3v) is 4.49. The second-order valence-electron chi connectivity index (χ2n) is 5.57. The zero-order valence-corrected chi connectivity index (χ0v) is 13.1. The molecule has 0 aliphatic heterocycles. The highest BCUT2D eigenvalue weighted by molar-refractivity contribution is 9.10. The highest BCUT2D eigenvalue weighted by Gasteiger charge is 2.27. The number of hydrogen-bond acceptors (Lipinski definition) is 3. The van der Waals surface area contributed by atoms with Crippen molar-refractivity contribution < 1.29 is 9.53 Å². The topological polar surface area (TPSA) is 78.3 Å². The summed E-state index contributed by atoms with van der Waals surface area (Å²) >= 11 is 3.33. The number of nitrogens with two attached hydrogens (primary N) is 2. The van der Waals surface area contributed by atoms with E-state index in [0.717, 1.165) is 12.8 Å². The minimum absolute atomic E-state index is 0.231. The fraction of sp³-hybridized carbons (Fsp3) is 0.533. The highest BCUT2D eigenvalue weighted by atomic mass is 79.9. The van der Waals surface area contributed by atoms with Gasteiger partial charge in [0.2, 0.25) is 5.91 Å². The molecule has 1 aliphatic rings. The molecule has 2 rings (SSSR count). The van der Waals surface area contributed by atoms with Gasteiger partial charge in [0.15, 0.2) is 0 Å². The molecule has 4 N–H and O–H groups in total. The van der Waals surface area contributed by atoms with Gasteiger partial charge in [-0.1, -0.05) is 25.7 Å². The van der Waals surface area contributed by atoms with E-state index in [1.54, 1.807) is 18.2 Å². The molecule has 0 spiro atoms. The molecule has 1 aromatic rings. The van der Waals surface area contributed by atoms with Crippen LogP contribution in [-0.4, -0.2) is 18.1 Å². The van der Waals surface area contributed by atoms with Crippen molar-refractivity contribution >= 4 is 21.8 Å². The summed E-state index contributed by atoms with van der Waals surface area (Å²) in [6.45, 7) is 0.509. The minimum atomic E-state index is -0.456. The van der Waals surface area contributed by atoms with E-state index < -0.39 is 5.91 Å². The number of primary amides is 1. The van der Waals surface area contributed by atoms with Crippen LogP contribution in [0.2, 0.25) is 0 Å². The smallest absolute Gasteiger partial charge is 0.249 e. The number of benzene rings is 1. The zero-order valence-electron chi connectivity index (χ0n) is 11.5. The van der Waals surface area contributed by atoms with Crippen LogP contribution in [0.4, 0.5) is 0 Å². The number of ether oxygens (including phenoxy) is 1. The monoisotopic (exact) mass is 340 g/mol. The third kappa shape index (κ3) is 3.96. The number of amides is 1. The summed E-state index contributed by atoms with van der Waals surface area (Å²) in [5.41, 5.74) is 11.9. The molecule has 1 fully saturated rings. The van der Waals surface area contributed by atoms with Crippen LogP contribution in [0, 0.1) is 0 Å². The predicted octanol–water partition coefficient (Wildman–Crippen LogP) is 2.98. The summed E-state index contributed by atoms with van der Waals surface area (Å²) in [5, 5.41) is 0. The van der Waals surface area contributed by atoms with Gasteiger partial charge in [-0.05, 0) is 47.0 Å². The van der Waals surface area contributed by atoms with Gasteiger partial charge in [-0.3, -0.25) is 4.79 Å². The van der Waals surface area contributed by atoms with E-state index in [0.29, 0.717) is 22.4 Å². The zero-order chi connectivity index (χ0) is 14.6. The van der Waals surface area contributed by atoms with Crippen molar-refractivity contribution in [2.75, 3.05) is 6.61 Å². The molecule has 1 aliphatic carbocycles. The SMILES string of the molecule is NC(=O)c1ccc(OCC2(N)CCCCCC2)cc1Br. The Balaban J connectivity index is 1.99. The van der Waals surface area contributed by atoms with Crippen LogP contribution >= 0.6 is 15.9 Å². The molecule has 0 aromatic heterocycles. The average Bonchev–Trinajstić information content (AvgIpc) is 2.61. The van der Waals surface area contributed by atoms with Crippen LogP contribution in [0.15, 0.2) is 22.7 Å². The van der Waals surface area contributed by atoms with Crippen molar-refractivity contribution in [3.8, 4) is 5.75 Å². The first-order chi connectivity index (χ1) is 9.50. The van der Waals surface area contributed by atoms with E-state index in [2.05, 4.69) is 15.9 Å². The molecule has 0 heterocycles. The maximum atomic E-state index is 11.2. The van der Waals surface area contributed by atoms with Gasteiger partial charge in [-0.2, -0.15) is 0 Å². The maximum Gasteiger partial charge on any atom is 0.249 e. The fourth-order valence-electron chi connectivity index (χ4n) is 2.59. The van der Waals surface area contributed by atoms with Gasteiger partial charge in [0.05, 0.1) is 11.1 Å². The van der Waals surface area contributed by atoms with Crippen molar-refractivity contribution in [2.24, 2.45) is 11.5 Å². The van der Waals surface area contributed by atoms with Gasteiger partial charge in [0, 0.05) is 4.47 Å². The normalized spacial score (nSPS) is 18.3. The van der Waals surface area contributed by atoms with Gasteiger partial charge in [-0.25, -0.2) is 0 Å². The van der Waals surface area contributed by atoms with E-state index in [-0.39, 0.29) is 5.54 Å². The van der Waals surface area contributed by atoms with E-state index in [1.807, 2.05) is 0 Å². The Morgan fingerprint density at radius 2 is 1.90 bits per heavy atom. The van der Waals surface area contributed by atoms with Crippen molar-refractivity contribution in [3.05, 3.63) is 28.2 Å². The molecule has 110 valence electrons. The summed E-state index contributed by atoms with van der Waals surface area (Å²) in [7, 11) is 0. The van der Waals surface area contributed by atoms with E-state index in [4.69, 9.17) is 16.2 Å². The summed E-state index contributed by atoms with van der Waals surface area (Å²) in [6.07, 6.45) is 6.88. The summed E-state index contributed by atoms with van der Waals surface area (Å²) in [6, 6.07) is 5.18. The number of rotatable bonds is 4. The Morgan fingerprint density at radius 3 is 2.45 bits per heavy atom. The highest BCUT2D eigenvalue weighted by Crippen LogP contribution is 2.27. The van der Waals surface area contributed by atoms with Crippen molar-refractivity contribution in [3.63, 3.8) is 0 Å². The van der Waals surface area contributed by atoms with Crippen molar-refractivity contribution in [1.29, 1.82) is 0 Å². The van der Waals surface area contributed by atoms with Crippen molar-refractivity contribution in [1.82, 2.24) is 0 Å². The fourth-order valence-corrected chi connectivity index (χ4v) is 3.14. The second kappa shape index (κ2) is 6.59. The lowest BCUT2D eigenvalue weighted by Crippen LogP contribution is -2.45. The molecule has 20 heavy (non-hydrogen) atoms. The minimum Gasteiger partial charge on any atom is -0.492 e. The Labute approximate surface area is 128 Å². The molecule has 0 radical (unpaired) electrons. The second-order valence-corrected chi connectivity index (χ2v) is 6.43. The lowest BCUT2D eigenvalue weighted by molar-refractivity contribution is 0.0999. The number of carbonyl (C=O) groups is 1. The number of halogens is 1. The molecular weight excluding hydrogens is 320 g/mol. The van der Waals surface area contributed by atoms with E-state index in [9.17, 15) is 4.79 Å². The summed E-state index contributed by atoms with van der Waals surface area (Å²) in [5.74, 6) is 0.249. The predicted molar refractivity (Wildman–Crippen MR) is 82.8 cm³/mol.